The lowest BCUT2D eigenvalue weighted by atomic mass is 9.57. The van der Waals surface area contributed by atoms with Crippen LogP contribution in [-0.4, -0.2) is 66.7 Å². The Bertz CT molecular complexity index is 1030. The molecule has 0 unspecified atom stereocenters. The Hall–Kier alpha value is -1.95. The van der Waals surface area contributed by atoms with Crippen LogP contribution in [-0.2, 0) is 22.6 Å². The molecule has 31 heavy (non-hydrogen) atoms. The van der Waals surface area contributed by atoms with Crippen LogP contribution in [0.25, 0.3) is 0 Å². The molecular weight excluding hydrogens is 440 g/mol. The Kier molecular flexibility index (Phi) is 4.41. The second-order valence-corrected chi connectivity index (χ2v) is 11.4. The molecule has 3 aliphatic heterocycles. The first-order valence-corrected chi connectivity index (χ1v) is 11.8. The number of carbonyl (C=O) groups excluding carboxylic acids is 1. The molecule has 0 aromatic carbocycles. The Morgan fingerprint density at radius 2 is 1.84 bits per heavy atom. The number of aromatic nitrogens is 1. The van der Waals surface area contributed by atoms with Gasteiger partial charge < -0.3 is 9.80 Å². The minimum atomic E-state index is -4.62. The number of likely N-dealkylation sites (tertiary alicyclic amines) is 2. The van der Waals surface area contributed by atoms with Crippen molar-refractivity contribution in [3.05, 3.63) is 29.3 Å². The summed E-state index contributed by atoms with van der Waals surface area (Å²) in [5.41, 5.74) is -1.55. The van der Waals surface area contributed by atoms with Gasteiger partial charge in [-0.15, -0.1) is 0 Å². The van der Waals surface area contributed by atoms with Crippen molar-refractivity contribution >= 4 is 16.1 Å². The highest BCUT2D eigenvalue weighted by Gasteiger charge is 2.57. The van der Waals surface area contributed by atoms with Gasteiger partial charge in [0, 0.05) is 37.8 Å². The first-order chi connectivity index (χ1) is 14.4. The number of halogens is 4. The third-order valence-electron chi connectivity index (χ3n) is 6.97. The van der Waals surface area contributed by atoms with Gasteiger partial charge in [-0.1, -0.05) is 0 Å². The lowest BCUT2D eigenvalue weighted by Gasteiger charge is -2.61. The summed E-state index contributed by atoms with van der Waals surface area (Å²) in [6, 6.07) is 0.395. The number of nitrogens with zero attached hydrogens (tertiary/aromatic N) is 3. The molecule has 3 saturated heterocycles. The molecule has 2 amide bonds. The van der Waals surface area contributed by atoms with E-state index in [1.165, 1.54) is 0 Å². The number of carbonyl (C=O) groups is 1. The first-order valence-electron chi connectivity index (χ1n) is 10.1. The zero-order valence-electron chi connectivity index (χ0n) is 16.6. The van der Waals surface area contributed by atoms with Gasteiger partial charge in [0.25, 0.3) is 0 Å². The Balaban J connectivity index is 1.09. The molecule has 4 aliphatic rings. The van der Waals surface area contributed by atoms with Crippen molar-refractivity contribution in [2.24, 2.45) is 11.3 Å². The van der Waals surface area contributed by atoms with E-state index in [2.05, 4.69) is 9.71 Å². The fourth-order valence-corrected chi connectivity index (χ4v) is 7.17. The Morgan fingerprint density at radius 1 is 1.19 bits per heavy atom. The fraction of sp³-hybridized carbons (Fsp3) is 0.684. The van der Waals surface area contributed by atoms with Gasteiger partial charge in [-0.25, -0.2) is 22.3 Å². The Labute approximate surface area is 176 Å². The van der Waals surface area contributed by atoms with E-state index in [1.54, 1.807) is 9.80 Å². The molecule has 1 aliphatic carbocycles. The number of sulfonamides is 1. The van der Waals surface area contributed by atoms with E-state index in [-0.39, 0.29) is 35.2 Å². The highest BCUT2D eigenvalue weighted by atomic mass is 32.2. The molecule has 0 bridgehead atoms. The SMILES string of the molecule is O=C(N1CC2(CC(Cc3ncc(C(F)(F)F)cc3F)C2)C1)N1CC2(CCS(=O)(=O)N2)C1. The molecule has 170 valence electrons. The largest absolute Gasteiger partial charge is 0.417 e. The quantitative estimate of drug-likeness (QED) is 0.682. The van der Waals surface area contributed by atoms with E-state index in [0.717, 1.165) is 12.8 Å². The highest BCUT2D eigenvalue weighted by molar-refractivity contribution is 7.89. The molecule has 4 fully saturated rings. The summed E-state index contributed by atoms with van der Waals surface area (Å²) < 4.78 is 77.7. The standard InChI is InChI=1S/C19H22F4N4O3S/c20-14-4-13(19(21,22)23)7-24-15(14)3-12-5-17(6-12)8-26(9-17)16(28)27-10-18(11-27)1-2-31(29,30)25-18/h4,7,12,25H,1-3,5-6,8-11H2. The molecule has 1 aromatic heterocycles. The summed E-state index contributed by atoms with van der Waals surface area (Å²) >= 11 is 0. The molecule has 7 nitrogen and oxygen atoms in total. The van der Waals surface area contributed by atoms with Crippen LogP contribution in [0.5, 0.6) is 0 Å². The predicted octanol–water partition coefficient (Wildman–Crippen LogP) is 1.99. The van der Waals surface area contributed by atoms with Gasteiger partial charge in [-0.05, 0) is 37.7 Å². The molecule has 4 heterocycles. The number of hydrogen-bond acceptors (Lipinski definition) is 4. The van der Waals surface area contributed by atoms with E-state index in [4.69, 9.17) is 0 Å². The number of alkyl halides is 3. The normalized spacial score (nSPS) is 25.9. The molecule has 1 aromatic rings. The second kappa shape index (κ2) is 6.53. The van der Waals surface area contributed by atoms with Crippen LogP contribution in [0.2, 0.25) is 0 Å². The van der Waals surface area contributed by atoms with E-state index in [0.29, 0.717) is 44.9 Å². The van der Waals surface area contributed by atoms with Gasteiger partial charge in [0.05, 0.1) is 22.5 Å². The van der Waals surface area contributed by atoms with Crippen LogP contribution in [0.1, 0.15) is 30.5 Å². The number of urea groups is 1. The van der Waals surface area contributed by atoms with Crippen LogP contribution < -0.4 is 4.72 Å². The van der Waals surface area contributed by atoms with Crippen molar-refractivity contribution in [1.29, 1.82) is 0 Å². The van der Waals surface area contributed by atoms with Crippen molar-refractivity contribution < 1.29 is 30.8 Å². The van der Waals surface area contributed by atoms with E-state index >= 15 is 0 Å². The molecule has 12 heteroatoms. The number of pyridine rings is 1. The highest BCUT2D eigenvalue weighted by Crippen LogP contribution is 2.53. The zero-order valence-corrected chi connectivity index (χ0v) is 17.4. The average Bonchev–Trinajstić information content (AvgIpc) is 2.90. The maximum absolute atomic E-state index is 14.0. The van der Waals surface area contributed by atoms with Gasteiger partial charge in [0.15, 0.2) is 0 Å². The van der Waals surface area contributed by atoms with Crippen LogP contribution in [0, 0.1) is 17.2 Å². The third kappa shape index (κ3) is 3.67. The van der Waals surface area contributed by atoms with Gasteiger partial charge >= 0.3 is 12.2 Å². The van der Waals surface area contributed by atoms with Crippen LogP contribution in [0.4, 0.5) is 22.4 Å². The van der Waals surface area contributed by atoms with Crippen molar-refractivity contribution in [2.45, 2.75) is 37.4 Å². The third-order valence-corrected chi connectivity index (χ3v) is 8.46. The second-order valence-electron chi connectivity index (χ2n) is 9.57. The maximum Gasteiger partial charge on any atom is 0.417 e. The van der Waals surface area contributed by atoms with Gasteiger partial charge in [0.1, 0.15) is 5.82 Å². The van der Waals surface area contributed by atoms with Crippen molar-refractivity contribution in [3.63, 3.8) is 0 Å². The summed E-state index contributed by atoms with van der Waals surface area (Å²) in [6.45, 7) is 1.97. The Morgan fingerprint density at radius 3 is 2.39 bits per heavy atom. The molecule has 5 rings (SSSR count). The predicted molar refractivity (Wildman–Crippen MR) is 101 cm³/mol. The lowest BCUT2D eigenvalue weighted by molar-refractivity contribution is -0.138. The van der Waals surface area contributed by atoms with Crippen LogP contribution in [0.15, 0.2) is 12.3 Å². The maximum atomic E-state index is 14.0. The summed E-state index contributed by atoms with van der Waals surface area (Å²) in [5, 5.41) is 0. The number of amides is 2. The van der Waals surface area contributed by atoms with Gasteiger partial charge in [-0.2, -0.15) is 13.2 Å². The molecular formula is C19H22F4N4O3S. The zero-order chi connectivity index (χ0) is 22.2. The fourth-order valence-electron chi connectivity index (χ4n) is 5.52. The molecule has 0 radical (unpaired) electrons. The van der Waals surface area contributed by atoms with Crippen molar-refractivity contribution in [3.8, 4) is 0 Å². The van der Waals surface area contributed by atoms with Crippen LogP contribution >= 0.6 is 0 Å². The smallest absolute Gasteiger partial charge is 0.323 e. The van der Waals surface area contributed by atoms with E-state index in [1.807, 2.05) is 0 Å². The van der Waals surface area contributed by atoms with Gasteiger partial charge in [-0.3, -0.25) is 4.98 Å². The van der Waals surface area contributed by atoms with E-state index < -0.39 is 33.1 Å². The lowest BCUT2D eigenvalue weighted by Crippen LogP contribution is -2.73. The molecule has 1 saturated carbocycles. The van der Waals surface area contributed by atoms with E-state index in [9.17, 15) is 30.8 Å². The number of rotatable bonds is 2. The van der Waals surface area contributed by atoms with Crippen molar-refractivity contribution in [1.82, 2.24) is 19.5 Å². The van der Waals surface area contributed by atoms with Gasteiger partial charge in [0.2, 0.25) is 10.0 Å². The minimum absolute atomic E-state index is 0.000214. The molecule has 0 atom stereocenters. The van der Waals surface area contributed by atoms with Crippen molar-refractivity contribution in [2.75, 3.05) is 31.9 Å². The minimum Gasteiger partial charge on any atom is -0.323 e. The molecule has 2 spiro atoms. The molecule has 1 N–H and O–H groups in total. The first kappa shape index (κ1) is 20.9. The average molecular weight is 462 g/mol. The topological polar surface area (TPSA) is 82.6 Å². The summed E-state index contributed by atoms with van der Waals surface area (Å²) in [5.74, 6) is -0.705. The summed E-state index contributed by atoms with van der Waals surface area (Å²) in [4.78, 5) is 19.7. The summed E-state index contributed by atoms with van der Waals surface area (Å²) in [6.07, 6.45) is -1.59. The monoisotopic (exact) mass is 462 g/mol. The number of hydrogen-bond donors (Lipinski definition) is 1. The van der Waals surface area contributed by atoms with Crippen LogP contribution in [0.3, 0.4) is 0 Å². The number of nitrogens with one attached hydrogen (secondary N) is 1. The summed E-state index contributed by atoms with van der Waals surface area (Å²) in [7, 11) is -3.22.